The van der Waals surface area contributed by atoms with Crippen LogP contribution >= 0.6 is 27.3 Å². The molecule has 1 aliphatic rings. The van der Waals surface area contributed by atoms with Crippen LogP contribution in [-0.2, 0) is 6.42 Å². The molecular weight excluding hydrogens is 250 g/mol. The zero-order valence-corrected chi connectivity index (χ0v) is 9.77. The molecule has 1 fully saturated rings. The molecule has 72 valence electrons. The molecule has 0 radical (unpaired) electrons. The summed E-state index contributed by atoms with van der Waals surface area (Å²) in [5, 5.41) is 9.14. The average molecular weight is 262 g/mol. The van der Waals surface area contributed by atoms with Gasteiger partial charge in [0.2, 0.25) is 0 Å². The Hall–Kier alpha value is -0.0000000000000000555. The van der Waals surface area contributed by atoms with Crippen molar-refractivity contribution in [1.29, 1.82) is 0 Å². The lowest BCUT2D eigenvalue weighted by molar-refractivity contribution is 0.343. The zero-order valence-electron chi connectivity index (χ0n) is 7.37. The van der Waals surface area contributed by atoms with E-state index >= 15 is 0 Å². The molecule has 0 saturated carbocycles. The second-order valence-electron chi connectivity index (χ2n) is 3.25. The van der Waals surface area contributed by atoms with E-state index in [1.165, 1.54) is 25.9 Å². The van der Waals surface area contributed by atoms with Gasteiger partial charge in [-0.15, -0.1) is 10.2 Å². The van der Waals surface area contributed by atoms with Gasteiger partial charge in [0.1, 0.15) is 5.01 Å². The lowest BCUT2D eigenvalue weighted by atomic mass is 10.4. The van der Waals surface area contributed by atoms with Gasteiger partial charge in [0.15, 0.2) is 3.92 Å². The van der Waals surface area contributed by atoms with Crippen LogP contribution in [0.15, 0.2) is 3.92 Å². The van der Waals surface area contributed by atoms with Crippen LogP contribution in [0.3, 0.4) is 0 Å². The monoisotopic (exact) mass is 261 g/mol. The first-order valence-corrected chi connectivity index (χ1v) is 6.16. The van der Waals surface area contributed by atoms with Crippen molar-refractivity contribution in [1.82, 2.24) is 15.1 Å². The van der Waals surface area contributed by atoms with Crippen molar-refractivity contribution in [3.63, 3.8) is 0 Å². The maximum absolute atomic E-state index is 4.07. The molecule has 13 heavy (non-hydrogen) atoms. The van der Waals surface area contributed by atoms with Crippen LogP contribution in [0, 0.1) is 0 Å². The summed E-state index contributed by atoms with van der Waals surface area (Å²) in [6.07, 6.45) is 3.77. The van der Waals surface area contributed by atoms with Crippen LogP contribution in [0.4, 0.5) is 0 Å². The number of rotatable bonds is 3. The fourth-order valence-electron chi connectivity index (χ4n) is 1.59. The van der Waals surface area contributed by atoms with Crippen LogP contribution in [-0.4, -0.2) is 34.7 Å². The van der Waals surface area contributed by atoms with E-state index in [0.29, 0.717) is 0 Å². The highest BCUT2D eigenvalue weighted by atomic mass is 79.9. The van der Waals surface area contributed by atoms with Gasteiger partial charge >= 0.3 is 0 Å². The molecule has 2 rings (SSSR count). The first-order chi connectivity index (χ1) is 6.34. The molecule has 0 atom stereocenters. The largest absolute Gasteiger partial charge is 0.303 e. The van der Waals surface area contributed by atoms with Crippen molar-refractivity contribution in [2.75, 3.05) is 19.6 Å². The van der Waals surface area contributed by atoms with Crippen molar-refractivity contribution in [3.8, 4) is 0 Å². The van der Waals surface area contributed by atoms with Crippen LogP contribution in [0.25, 0.3) is 0 Å². The number of aromatic nitrogens is 2. The Kier molecular flexibility index (Phi) is 3.29. The number of halogens is 1. The smallest absolute Gasteiger partial charge is 0.183 e. The predicted molar refractivity (Wildman–Crippen MR) is 57.0 cm³/mol. The van der Waals surface area contributed by atoms with Gasteiger partial charge in [0, 0.05) is 13.0 Å². The van der Waals surface area contributed by atoms with E-state index in [1.54, 1.807) is 11.3 Å². The summed E-state index contributed by atoms with van der Waals surface area (Å²) in [7, 11) is 0. The molecule has 2 heterocycles. The molecule has 0 unspecified atom stereocenters. The summed E-state index contributed by atoms with van der Waals surface area (Å²) in [5.41, 5.74) is 0. The van der Waals surface area contributed by atoms with E-state index in [2.05, 4.69) is 31.0 Å². The maximum atomic E-state index is 4.07. The van der Waals surface area contributed by atoms with Crippen molar-refractivity contribution in [2.45, 2.75) is 19.3 Å². The van der Waals surface area contributed by atoms with E-state index < -0.39 is 0 Å². The fraction of sp³-hybridized carbons (Fsp3) is 0.750. The van der Waals surface area contributed by atoms with Gasteiger partial charge in [-0.1, -0.05) is 11.3 Å². The molecule has 1 aromatic rings. The van der Waals surface area contributed by atoms with Crippen molar-refractivity contribution in [2.24, 2.45) is 0 Å². The second-order valence-corrected chi connectivity index (χ2v) is 5.59. The Balaban J connectivity index is 1.78. The average Bonchev–Trinajstić information content (AvgIpc) is 2.71. The van der Waals surface area contributed by atoms with Crippen LogP contribution in [0.5, 0.6) is 0 Å². The Bertz CT molecular complexity index is 270. The van der Waals surface area contributed by atoms with Gasteiger partial charge in [0.25, 0.3) is 0 Å². The number of likely N-dealkylation sites (tertiary alicyclic amines) is 1. The SMILES string of the molecule is Brc1nnc(CCN2CCCC2)s1. The zero-order chi connectivity index (χ0) is 9.10. The summed E-state index contributed by atoms with van der Waals surface area (Å²) in [6.45, 7) is 3.67. The van der Waals surface area contributed by atoms with Crippen LogP contribution < -0.4 is 0 Å². The molecule has 0 aliphatic carbocycles. The first kappa shape index (κ1) is 9.55. The third-order valence-electron chi connectivity index (χ3n) is 2.28. The minimum absolute atomic E-state index is 0.893. The highest BCUT2D eigenvalue weighted by molar-refractivity contribution is 9.11. The Morgan fingerprint density at radius 3 is 2.69 bits per heavy atom. The lowest BCUT2D eigenvalue weighted by Crippen LogP contribution is -2.21. The van der Waals surface area contributed by atoms with E-state index in [-0.39, 0.29) is 0 Å². The van der Waals surface area contributed by atoms with Crippen molar-refractivity contribution in [3.05, 3.63) is 8.92 Å². The first-order valence-electron chi connectivity index (χ1n) is 4.55. The van der Waals surface area contributed by atoms with E-state index in [1.807, 2.05) is 0 Å². The van der Waals surface area contributed by atoms with Gasteiger partial charge in [-0.25, -0.2) is 0 Å². The summed E-state index contributed by atoms with van der Waals surface area (Å²) >= 11 is 4.96. The summed E-state index contributed by atoms with van der Waals surface area (Å²) in [5.74, 6) is 0. The maximum Gasteiger partial charge on any atom is 0.183 e. The van der Waals surface area contributed by atoms with E-state index in [0.717, 1.165) is 21.9 Å². The molecule has 5 heteroatoms. The molecule has 0 amide bonds. The highest BCUT2D eigenvalue weighted by Gasteiger charge is 2.11. The second kappa shape index (κ2) is 4.48. The minimum atomic E-state index is 0.893. The molecule has 1 aromatic heterocycles. The highest BCUT2D eigenvalue weighted by Crippen LogP contribution is 2.17. The van der Waals surface area contributed by atoms with E-state index in [9.17, 15) is 0 Å². The minimum Gasteiger partial charge on any atom is -0.303 e. The summed E-state index contributed by atoms with van der Waals surface area (Å²) < 4.78 is 0.893. The third kappa shape index (κ3) is 2.72. The number of hydrogen-bond donors (Lipinski definition) is 0. The van der Waals surface area contributed by atoms with Crippen molar-refractivity contribution < 1.29 is 0 Å². The van der Waals surface area contributed by atoms with E-state index in [4.69, 9.17) is 0 Å². The lowest BCUT2D eigenvalue weighted by Gasteiger charge is -2.12. The van der Waals surface area contributed by atoms with Gasteiger partial charge in [0.05, 0.1) is 0 Å². The predicted octanol–water partition coefficient (Wildman–Crippen LogP) is 1.94. The van der Waals surface area contributed by atoms with Crippen LogP contribution in [0.2, 0.25) is 0 Å². The number of nitrogens with zero attached hydrogens (tertiary/aromatic N) is 3. The molecule has 3 nitrogen and oxygen atoms in total. The molecule has 0 aromatic carbocycles. The third-order valence-corrected chi connectivity index (χ3v) is 3.70. The molecule has 1 saturated heterocycles. The van der Waals surface area contributed by atoms with Gasteiger partial charge in [-0.2, -0.15) is 0 Å². The Morgan fingerprint density at radius 2 is 2.08 bits per heavy atom. The molecule has 0 N–H and O–H groups in total. The fourth-order valence-corrected chi connectivity index (χ4v) is 2.79. The normalized spacial score (nSPS) is 18.2. The summed E-state index contributed by atoms with van der Waals surface area (Å²) in [6, 6.07) is 0. The molecular formula is C8H12BrN3S. The van der Waals surface area contributed by atoms with Gasteiger partial charge < -0.3 is 4.90 Å². The number of hydrogen-bond acceptors (Lipinski definition) is 4. The topological polar surface area (TPSA) is 29.0 Å². The standard InChI is InChI=1S/C8H12BrN3S/c9-8-11-10-7(13-8)3-6-12-4-1-2-5-12/h1-6H2. The Morgan fingerprint density at radius 1 is 1.31 bits per heavy atom. The summed E-state index contributed by atoms with van der Waals surface area (Å²) in [4.78, 5) is 2.50. The quantitative estimate of drug-likeness (QED) is 0.833. The molecule has 0 bridgehead atoms. The molecule has 0 spiro atoms. The van der Waals surface area contributed by atoms with Gasteiger partial charge in [-0.3, -0.25) is 0 Å². The van der Waals surface area contributed by atoms with Crippen molar-refractivity contribution >= 4 is 27.3 Å². The van der Waals surface area contributed by atoms with Crippen LogP contribution in [0.1, 0.15) is 17.8 Å². The Labute approximate surface area is 90.3 Å². The van der Waals surface area contributed by atoms with Gasteiger partial charge in [-0.05, 0) is 41.9 Å². The molecule has 1 aliphatic heterocycles.